The van der Waals surface area contributed by atoms with Crippen molar-refractivity contribution in [2.45, 2.75) is 43.3 Å². The predicted molar refractivity (Wildman–Crippen MR) is 102 cm³/mol. The van der Waals surface area contributed by atoms with Gasteiger partial charge >= 0.3 is 0 Å². The highest BCUT2D eigenvalue weighted by molar-refractivity contribution is 6.20. The number of aliphatic imine (C=N–C) groups is 1. The summed E-state index contributed by atoms with van der Waals surface area (Å²) in [6, 6.07) is 17.2. The molecule has 130 valence electrons. The van der Waals surface area contributed by atoms with Gasteiger partial charge in [0.1, 0.15) is 0 Å². The Bertz CT molecular complexity index is 719. The maximum Gasteiger partial charge on any atom is 0.192 e. The lowest BCUT2D eigenvalue weighted by atomic mass is 9.76. The normalized spacial score (nSPS) is 30.2. The molecule has 0 amide bonds. The number of nitrogens with zero attached hydrogens (tertiary/aromatic N) is 2. The van der Waals surface area contributed by atoms with Crippen molar-refractivity contribution in [1.82, 2.24) is 15.6 Å². The summed E-state index contributed by atoms with van der Waals surface area (Å²) in [6.45, 7) is 0.577. The minimum atomic E-state index is 0.247. The highest BCUT2D eigenvalue weighted by atomic mass is 35.5. The van der Waals surface area contributed by atoms with Crippen LogP contribution in [-0.4, -0.2) is 22.4 Å². The van der Waals surface area contributed by atoms with Gasteiger partial charge in [-0.1, -0.05) is 36.4 Å². The van der Waals surface area contributed by atoms with E-state index in [9.17, 15) is 0 Å². The Morgan fingerprint density at radius 2 is 1.88 bits per heavy atom. The summed E-state index contributed by atoms with van der Waals surface area (Å²) < 4.78 is 0. The first-order valence-electron chi connectivity index (χ1n) is 8.96. The minimum absolute atomic E-state index is 0.247. The zero-order valence-electron chi connectivity index (χ0n) is 14.1. The van der Waals surface area contributed by atoms with Gasteiger partial charge in [-0.05, 0) is 37.0 Å². The number of benzene rings is 1. The van der Waals surface area contributed by atoms with Crippen molar-refractivity contribution in [3.05, 3.63) is 66.0 Å². The van der Waals surface area contributed by atoms with E-state index in [1.807, 2.05) is 24.4 Å². The van der Waals surface area contributed by atoms with E-state index in [1.165, 1.54) is 5.56 Å². The first-order chi connectivity index (χ1) is 12.3. The summed E-state index contributed by atoms with van der Waals surface area (Å²) >= 11 is 6.47. The average molecular weight is 355 g/mol. The lowest BCUT2D eigenvalue weighted by Crippen LogP contribution is -2.59. The molecule has 0 radical (unpaired) electrons. The molecule has 2 N–H and O–H groups in total. The summed E-state index contributed by atoms with van der Waals surface area (Å²) in [5, 5.41) is 7.48. The number of hydrogen-bond acceptors (Lipinski definition) is 2. The van der Waals surface area contributed by atoms with Crippen molar-refractivity contribution in [3.63, 3.8) is 0 Å². The summed E-state index contributed by atoms with van der Waals surface area (Å²) in [5.41, 5.74) is 2.27. The molecule has 1 saturated heterocycles. The monoisotopic (exact) mass is 354 g/mol. The van der Waals surface area contributed by atoms with E-state index in [1.54, 1.807) is 0 Å². The third-order valence-corrected chi connectivity index (χ3v) is 5.56. The first kappa shape index (κ1) is 16.4. The average Bonchev–Trinajstić information content (AvgIpc) is 2.67. The topological polar surface area (TPSA) is 49.3 Å². The van der Waals surface area contributed by atoms with Crippen LogP contribution in [0.3, 0.4) is 0 Å². The van der Waals surface area contributed by atoms with Crippen LogP contribution in [0, 0.1) is 5.92 Å². The van der Waals surface area contributed by atoms with Gasteiger partial charge in [-0.25, -0.2) is 4.99 Å². The Balaban J connectivity index is 1.57. The Morgan fingerprint density at radius 3 is 2.68 bits per heavy atom. The summed E-state index contributed by atoms with van der Waals surface area (Å²) in [7, 11) is 0. The molecule has 0 spiro atoms. The molecule has 1 saturated carbocycles. The van der Waals surface area contributed by atoms with Crippen LogP contribution in [0.2, 0.25) is 0 Å². The molecule has 4 rings (SSSR count). The fraction of sp³-hybridized carbons (Fsp3) is 0.400. The third-order valence-electron chi connectivity index (χ3n) is 5.16. The van der Waals surface area contributed by atoms with Gasteiger partial charge in [0.15, 0.2) is 5.96 Å². The van der Waals surface area contributed by atoms with Crippen LogP contribution < -0.4 is 10.6 Å². The van der Waals surface area contributed by atoms with Crippen molar-refractivity contribution in [1.29, 1.82) is 0 Å². The Kier molecular flexibility index (Phi) is 4.88. The minimum Gasteiger partial charge on any atom is -0.353 e. The molecule has 2 heterocycles. The molecule has 5 heteroatoms. The highest BCUT2D eigenvalue weighted by Gasteiger charge is 2.40. The number of guanidine groups is 1. The van der Waals surface area contributed by atoms with Crippen molar-refractivity contribution < 1.29 is 0 Å². The number of halogens is 1. The first-order valence-corrected chi connectivity index (χ1v) is 9.39. The molecule has 2 aromatic rings. The van der Waals surface area contributed by atoms with Gasteiger partial charge in [-0.3, -0.25) is 4.98 Å². The number of fused-ring (bicyclic) bond motifs is 1. The van der Waals surface area contributed by atoms with Crippen molar-refractivity contribution >= 4 is 17.6 Å². The Labute approximate surface area is 153 Å². The molecular weight excluding hydrogens is 332 g/mol. The summed E-state index contributed by atoms with van der Waals surface area (Å²) in [5.74, 6) is 1.35. The van der Waals surface area contributed by atoms with Crippen LogP contribution in [0.15, 0.2) is 59.7 Å². The van der Waals surface area contributed by atoms with Crippen LogP contribution in [0.25, 0.3) is 0 Å². The molecule has 1 aromatic heterocycles. The molecular formula is C20H23ClN4. The molecule has 1 aliphatic carbocycles. The van der Waals surface area contributed by atoms with Crippen LogP contribution in [0.1, 0.15) is 36.6 Å². The Morgan fingerprint density at radius 1 is 1.04 bits per heavy atom. The number of alkyl halides is 1. The molecule has 2 fully saturated rings. The second-order valence-corrected chi connectivity index (χ2v) is 7.46. The van der Waals surface area contributed by atoms with Crippen LogP contribution in [0.5, 0.6) is 0 Å². The van der Waals surface area contributed by atoms with E-state index >= 15 is 0 Å². The fourth-order valence-corrected chi connectivity index (χ4v) is 4.24. The van der Waals surface area contributed by atoms with Gasteiger partial charge in [-0.15, -0.1) is 11.6 Å². The zero-order valence-corrected chi connectivity index (χ0v) is 14.9. The van der Waals surface area contributed by atoms with E-state index in [-0.39, 0.29) is 11.4 Å². The second-order valence-electron chi connectivity index (χ2n) is 6.84. The van der Waals surface area contributed by atoms with Crippen LogP contribution in [-0.2, 0) is 6.54 Å². The number of nitrogens with one attached hydrogen (secondary N) is 2. The van der Waals surface area contributed by atoms with E-state index in [0.717, 1.165) is 30.9 Å². The van der Waals surface area contributed by atoms with Crippen LogP contribution in [0.4, 0.5) is 0 Å². The molecule has 0 bridgehead atoms. The predicted octanol–water partition coefficient (Wildman–Crippen LogP) is 3.65. The van der Waals surface area contributed by atoms with Gasteiger partial charge in [-0.2, -0.15) is 0 Å². The van der Waals surface area contributed by atoms with Gasteiger partial charge in [0.05, 0.1) is 18.3 Å². The molecule has 25 heavy (non-hydrogen) atoms. The lowest BCUT2D eigenvalue weighted by Gasteiger charge is -2.45. The standard InChI is InChI=1S/C20H23ClN4/c21-15-9-10-18-17(12-15)19(14-6-2-1-3-7-14)25-20(24-18)23-13-16-8-4-5-11-22-16/h1-8,11,15,17-19H,9-10,12-13H2,(H2,23,24,25). The smallest absolute Gasteiger partial charge is 0.192 e. The number of rotatable bonds is 3. The van der Waals surface area contributed by atoms with Crippen molar-refractivity contribution in [2.75, 3.05) is 0 Å². The Hall–Kier alpha value is -2.07. The second kappa shape index (κ2) is 7.44. The van der Waals surface area contributed by atoms with Crippen LogP contribution >= 0.6 is 11.6 Å². The van der Waals surface area contributed by atoms with E-state index in [4.69, 9.17) is 16.6 Å². The zero-order chi connectivity index (χ0) is 17.1. The van der Waals surface area contributed by atoms with Crippen molar-refractivity contribution in [2.24, 2.45) is 10.9 Å². The third kappa shape index (κ3) is 3.79. The quantitative estimate of drug-likeness (QED) is 0.827. The molecule has 4 atom stereocenters. The van der Waals surface area contributed by atoms with E-state index in [2.05, 4.69) is 45.9 Å². The van der Waals surface area contributed by atoms with Gasteiger partial charge in [0.2, 0.25) is 0 Å². The van der Waals surface area contributed by atoms with Crippen molar-refractivity contribution in [3.8, 4) is 0 Å². The highest BCUT2D eigenvalue weighted by Crippen LogP contribution is 2.38. The summed E-state index contributed by atoms with van der Waals surface area (Å²) in [6.07, 6.45) is 4.98. The largest absolute Gasteiger partial charge is 0.353 e. The lowest BCUT2D eigenvalue weighted by molar-refractivity contribution is 0.215. The molecule has 4 nitrogen and oxygen atoms in total. The molecule has 1 aromatic carbocycles. The summed E-state index contributed by atoms with van der Waals surface area (Å²) in [4.78, 5) is 9.09. The maximum atomic E-state index is 6.47. The van der Waals surface area contributed by atoms with E-state index in [0.29, 0.717) is 18.5 Å². The maximum absolute atomic E-state index is 6.47. The molecule has 2 aliphatic rings. The molecule has 4 unspecified atom stereocenters. The SMILES string of the molecule is ClC1CCC2NC(=NCc3ccccn3)NC(c3ccccc3)C2C1. The molecule has 1 aliphatic heterocycles. The van der Waals surface area contributed by atoms with Gasteiger partial charge in [0.25, 0.3) is 0 Å². The fourth-order valence-electron chi connectivity index (χ4n) is 3.91. The number of hydrogen-bond donors (Lipinski definition) is 2. The van der Waals surface area contributed by atoms with Gasteiger partial charge in [0, 0.05) is 23.5 Å². The number of aromatic nitrogens is 1. The van der Waals surface area contributed by atoms with Gasteiger partial charge < -0.3 is 10.6 Å². The van der Waals surface area contributed by atoms with E-state index < -0.39 is 0 Å². The number of pyridine rings is 1.